The third-order valence-electron chi connectivity index (χ3n) is 9.70. The molecular weight excluding hydrogens is 684 g/mol. The van der Waals surface area contributed by atoms with E-state index in [0.29, 0.717) is 32.9 Å². The van der Waals surface area contributed by atoms with Gasteiger partial charge < -0.3 is 25.2 Å². The molecule has 49 heavy (non-hydrogen) atoms. The molecular formula is C40H43BrN2O6. The van der Waals surface area contributed by atoms with Crippen molar-refractivity contribution in [1.29, 1.82) is 0 Å². The van der Waals surface area contributed by atoms with Crippen LogP contribution in [0.3, 0.4) is 0 Å². The first kappa shape index (κ1) is 35.8. The predicted octanol–water partition coefficient (Wildman–Crippen LogP) is 7.90. The van der Waals surface area contributed by atoms with Gasteiger partial charge in [0.2, 0.25) is 11.8 Å². The van der Waals surface area contributed by atoms with Crippen LogP contribution in [0.4, 0.5) is 11.4 Å². The highest BCUT2D eigenvalue weighted by molar-refractivity contribution is 9.10. The van der Waals surface area contributed by atoms with Gasteiger partial charge in [-0.2, -0.15) is 0 Å². The summed E-state index contributed by atoms with van der Waals surface area (Å²) in [5.41, 5.74) is 5.65. The molecule has 4 atom stereocenters. The highest BCUT2D eigenvalue weighted by atomic mass is 79.9. The number of amides is 2. The average molecular weight is 728 g/mol. The van der Waals surface area contributed by atoms with E-state index in [-0.39, 0.29) is 13.0 Å². The van der Waals surface area contributed by atoms with Crippen LogP contribution in [0.25, 0.3) is 0 Å². The van der Waals surface area contributed by atoms with Gasteiger partial charge >= 0.3 is 0 Å². The largest absolute Gasteiger partial charge is 0.493 e. The van der Waals surface area contributed by atoms with E-state index in [2.05, 4.69) is 26.6 Å². The van der Waals surface area contributed by atoms with Crippen molar-refractivity contribution in [3.8, 4) is 11.5 Å². The van der Waals surface area contributed by atoms with Gasteiger partial charge in [-0.1, -0.05) is 54.1 Å². The molecule has 4 aromatic carbocycles. The second kappa shape index (κ2) is 14.6. The maximum atomic E-state index is 14.4. The Kier molecular flexibility index (Phi) is 10.6. The van der Waals surface area contributed by atoms with Gasteiger partial charge in [-0.25, -0.2) is 0 Å². The van der Waals surface area contributed by atoms with Crippen molar-refractivity contribution in [2.24, 2.45) is 11.8 Å². The van der Waals surface area contributed by atoms with Crippen LogP contribution >= 0.6 is 15.9 Å². The Morgan fingerprint density at radius 3 is 2.02 bits per heavy atom. The van der Waals surface area contributed by atoms with Crippen LogP contribution in [-0.4, -0.2) is 35.4 Å². The van der Waals surface area contributed by atoms with Crippen molar-refractivity contribution in [3.63, 3.8) is 0 Å². The molecule has 0 aromatic heterocycles. The third kappa shape index (κ3) is 7.58. The fourth-order valence-corrected chi connectivity index (χ4v) is 7.17. The summed E-state index contributed by atoms with van der Waals surface area (Å²) in [4.78, 5) is 42.6. The number of hydrogen-bond acceptors (Lipinski definition) is 6. The highest BCUT2D eigenvalue weighted by Gasteiger charge is 2.56. The average Bonchev–Trinajstić information content (AvgIpc) is 3.04. The smallest absolute Gasteiger partial charge is 0.235 e. The van der Waals surface area contributed by atoms with Crippen molar-refractivity contribution in [1.82, 2.24) is 0 Å². The molecule has 1 aliphatic carbocycles. The Labute approximate surface area is 296 Å². The molecule has 5 rings (SSSR count). The van der Waals surface area contributed by atoms with Crippen LogP contribution in [0.1, 0.15) is 58.2 Å². The number of aliphatic hydroxyl groups is 1. The van der Waals surface area contributed by atoms with Gasteiger partial charge in [0.05, 0.1) is 23.1 Å². The Morgan fingerprint density at radius 1 is 0.878 bits per heavy atom. The molecule has 0 bridgehead atoms. The Bertz CT molecular complexity index is 1900. The number of nitrogens with one attached hydrogen (secondary N) is 2. The molecule has 3 N–H and O–H groups in total. The number of halogens is 1. The molecule has 1 aliphatic rings. The minimum Gasteiger partial charge on any atom is -0.493 e. The van der Waals surface area contributed by atoms with Gasteiger partial charge in [0.25, 0.3) is 0 Å². The number of Topliss-reactive ketones (excluding diaryl/α,β-unsaturated/α-hetero) is 1. The molecule has 2 amide bonds. The Balaban J connectivity index is 1.61. The summed E-state index contributed by atoms with van der Waals surface area (Å²) >= 11 is 3.64. The summed E-state index contributed by atoms with van der Waals surface area (Å²) < 4.78 is 12.5. The predicted molar refractivity (Wildman–Crippen MR) is 195 cm³/mol. The van der Waals surface area contributed by atoms with E-state index in [1.165, 1.54) is 14.0 Å². The molecule has 256 valence electrons. The molecule has 4 aromatic rings. The molecule has 1 saturated carbocycles. The van der Waals surface area contributed by atoms with Gasteiger partial charge in [0.15, 0.2) is 11.5 Å². The summed E-state index contributed by atoms with van der Waals surface area (Å²) in [5, 5.41) is 17.8. The normalized spacial score (nSPS) is 20.4. The van der Waals surface area contributed by atoms with Crippen LogP contribution < -0.4 is 20.1 Å². The number of carbonyl (C=O) groups excluding carboxylic acids is 3. The molecule has 0 aliphatic heterocycles. The van der Waals surface area contributed by atoms with Gasteiger partial charge in [0.1, 0.15) is 18.3 Å². The zero-order chi connectivity index (χ0) is 35.6. The van der Waals surface area contributed by atoms with Crippen molar-refractivity contribution >= 4 is 44.9 Å². The second-order valence-corrected chi connectivity index (χ2v) is 14.1. The van der Waals surface area contributed by atoms with E-state index < -0.39 is 41.0 Å². The number of methoxy groups -OCH3 is 1. The molecule has 9 heteroatoms. The number of hydrogen-bond donors (Lipinski definition) is 3. The number of aryl methyl sites for hydroxylation is 3. The van der Waals surface area contributed by atoms with Crippen LogP contribution in [0.2, 0.25) is 0 Å². The summed E-state index contributed by atoms with van der Waals surface area (Å²) in [6.07, 6.45) is -0.380. The van der Waals surface area contributed by atoms with Crippen molar-refractivity contribution in [2.75, 3.05) is 17.7 Å². The SMILES string of the molecule is COc1cc(C2C(C(=O)Nc3cccc(C)c3C)C(=O)CC(C)(O)C2C(=O)Nc2cccc(C)c2C)cc(Br)c1OCc1ccc(C)cc1. The fraction of sp³-hybridized carbons (Fsp3) is 0.325. The number of rotatable bonds is 9. The first-order valence-corrected chi connectivity index (χ1v) is 17.1. The van der Waals surface area contributed by atoms with Crippen LogP contribution in [-0.2, 0) is 21.0 Å². The minimum atomic E-state index is -1.78. The fourth-order valence-electron chi connectivity index (χ4n) is 6.60. The number of carbonyl (C=O) groups is 3. The maximum absolute atomic E-state index is 14.4. The second-order valence-electron chi connectivity index (χ2n) is 13.3. The summed E-state index contributed by atoms with van der Waals surface area (Å²) in [6, 6.07) is 22.5. The first-order valence-electron chi connectivity index (χ1n) is 16.3. The number of anilines is 2. The van der Waals surface area contributed by atoms with E-state index >= 15 is 0 Å². The monoisotopic (exact) mass is 726 g/mol. The molecule has 0 heterocycles. The zero-order valence-electron chi connectivity index (χ0n) is 28.9. The molecule has 0 spiro atoms. The quantitative estimate of drug-likeness (QED) is 0.151. The molecule has 0 saturated heterocycles. The van der Waals surface area contributed by atoms with Gasteiger partial charge in [-0.15, -0.1) is 0 Å². The molecule has 4 unspecified atom stereocenters. The van der Waals surface area contributed by atoms with Crippen molar-refractivity contribution in [2.45, 2.75) is 66.1 Å². The lowest BCUT2D eigenvalue weighted by Gasteiger charge is -2.44. The lowest BCUT2D eigenvalue weighted by molar-refractivity contribution is -0.150. The number of ketones is 1. The van der Waals surface area contributed by atoms with E-state index in [1.807, 2.05) is 83.1 Å². The van der Waals surface area contributed by atoms with Crippen molar-refractivity contribution < 1.29 is 29.0 Å². The van der Waals surface area contributed by atoms with Gasteiger partial charge in [0, 0.05) is 23.7 Å². The van der Waals surface area contributed by atoms with E-state index in [9.17, 15) is 19.5 Å². The molecule has 1 fully saturated rings. The van der Waals surface area contributed by atoms with E-state index in [1.54, 1.807) is 24.3 Å². The topological polar surface area (TPSA) is 114 Å². The number of ether oxygens (including phenoxy) is 2. The summed E-state index contributed by atoms with van der Waals surface area (Å²) in [6.45, 7) is 11.5. The first-order chi connectivity index (χ1) is 23.2. The molecule has 0 radical (unpaired) electrons. The Morgan fingerprint density at radius 2 is 1.45 bits per heavy atom. The minimum absolute atomic E-state index is 0.271. The van der Waals surface area contributed by atoms with Crippen LogP contribution in [0.15, 0.2) is 77.3 Å². The van der Waals surface area contributed by atoms with Crippen LogP contribution in [0, 0.1) is 46.5 Å². The highest BCUT2D eigenvalue weighted by Crippen LogP contribution is 2.49. The van der Waals surface area contributed by atoms with Gasteiger partial charge in [-0.05, 0) is 115 Å². The van der Waals surface area contributed by atoms with Crippen LogP contribution in [0.5, 0.6) is 11.5 Å². The number of benzene rings is 4. The summed E-state index contributed by atoms with van der Waals surface area (Å²) in [5.74, 6) is -4.33. The lowest BCUT2D eigenvalue weighted by atomic mass is 9.61. The van der Waals surface area contributed by atoms with Crippen molar-refractivity contribution in [3.05, 3.63) is 116 Å². The third-order valence-corrected chi connectivity index (χ3v) is 10.3. The van der Waals surface area contributed by atoms with E-state index in [0.717, 1.165) is 33.4 Å². The van der Waals surface area contributed by atoms with Gasteiger partial charge in [-0.3, -0.25) is 14.4 Å². The van der Waals surface area contributed by atoms with E-state index in [4.69, 9.17) is 9.47 Å². The zero-order valence-corrected chi connectivity index (χ0v) is 30.5. The summed E-state index contributed by atoms with van der Waals surface area (Å²) in [7, 11) is 1.50. The maximum Gasteiger partial charge on any atom is 0.235 e. The lowest BCUT2D eigenvalue weighted by Crippen LogP contribution is -2.56. The Hall–Kier alpha value is -4.47. The standard InChI is InChI=1S/C40H43BrN2O6/c1-22-14-16-27(17-15-22)21-49-37-29(41)18-28(19-33(37)48-7)34-35(38(45)42-30-12-8-10-23(2)25(30)4)32(44)20-40(6,47)36(34)39(46)43-31-13-9-11-24(3)26(31)5/h8-19,34-36,47H,20-21H2,1-7H3,(H,42,45)(H,43,46). The molecule has 8 nitrogen and oxygen atoms in total.